The molecule has 0 atom stereocenters. The molecule has 2 aromatic rings. The first-order valence-corrected chi connectivity index (χ1v) is 5.03. The first-order chi connectivity index (χ1) is 8.09. The summed E-state index contributed by atoms with van der Waals surface area (Å²) in [6, 6.07) is 11.4. The summed E-state index contributed by atoms with van der Waals surface area (Å²) in [4.78, 5) is 10.2. The summed E-state index contributed by atoms with van der Waals surface area (Å²) >= 11 is 0. The van der Waals surface area contributed by atoms with Gasteiger partial charge in [0.1, 0.15) is 0 Å². The predicted octanol–water partition coefficient (Wildman–Crippen LogP) is 2.20. The first kappa shape index (κ1) is 11.1. The van der Waals surface area contributed by atoms with Crippen LogP contribution in [0.1, 0.15) is 5.69 Å². The van der Waals surface area contributed by atoms with Gasteiger partial charge in [-0.3, -0.25) is 10.1 Å². The van der Waals surface area contributed by atoms with Gasteiger partial charge in [-0.1, -0.05) is 18.2 Å². The second kappa shape index (κ2) is 4.21. The number of nitro groups is 1. The maximum Gasteiger partial charge on any atom is 0.282 e. The van der Waals surface area contributed by atoms with E-state index in [2.05, 4.69) is 0 Å². The maximum absolute atomic E-state index is 11.8. The molecule has 17 heavy (non-hydrogen) atoms. The predicted molar refractivity (Wildman–Crippen MR) is 62.2 cm³/mol. The van der Waals surface area contributed by atoms with Crippen molar-refractivity contribution in [2.75, 3.05) is 0 Å². The van der Waals surface area contributed by atoms with Crippen molar-refractivity contribution in [2.45, 2.75) is 6.92 Å². The number of hydrogen-bond acceptors (Lipinski definition) is 3. The van der Waals surface area contributed by atoms with E-state index in [1.54, 1.807) is 31.2 Å². The first-order valence-electron chi connectivity index (χ1n) is 5.03. The van der Waals surface area contributed by atoms with E-state index in [0.717, 1.165) is 0 Å². The number of aryl methyl sites for hydroxylation is 1. The molecular weight excluding hydrogens is 220 g/mol. The van der Waals surface area contributed by atoms with Crippen molar-refractivity contribution < 1.29 is 9.65 Å². The van der Waals surface area contributed by atoms with E-state index < -0.39 is 4.92 Å². The summed E-state index contributed by atoms with van der Waals surface area (Å²) in [6.07, 6.45) is 0. The quantitative estimate of drug-likeness (QED) is 0.343. The Hall–Kier alpha value is -2.43. The van der Waals surface area contributed by atoms with E-state index in [0.29, 0.717) is 16.0 Å². The molecule has 1 aromatic carbocycles. The Morgan fingerprint density at radius 3 is 2.41 bits per heavy atom. The highest BCUT2D eigenvalue weighted by Crippen LogP contribution is 2.21. The molecule has 5 nitrogen and oxygen atoms in total. The van der Waals surface area contributed by atoms with Crippen molar-refractivity contribution in [3.8, 4) is 11.3 Å². The third-order valence-electron chi connectivity index (χ3n) is 2.46. The van der Waals surface area contributed by atoms with Crippen molar-refractivity contribution in [3.63, 3.8) is 0 Å². The number of hydrogen-bond donors (Lipinski definition) is 0. The van der Waals surface area contributed by atoms with Gasteiger partial charge >= 0.3 is 0 Å². The Labute approximate surface area is 97.7 Å². The van der Waals surface area contributed by atoms with Crippen molar-refractivity contribution in [2.24, 2.45) is 0 Å². The van der Waals surface area contributed by atoms with Gasteiger partial charge in [0.25, 0.3) is 5.69 Å². The summed E-state index contributed by atoms with van der Waals surface area (Å²) in [5.74, 6) is 0. The molecule has 5 heteroatoms. The fourth-order valence-electron chi connectivity index (χ4n) is 1.62. The van der Waals surface area contributed by atoms with Gasteiger partial charge in [0.2, 0.25) is 5.69 Å². The van der Waals surface area contributed by atoms with Crippen molar-refractivity contribution in [3.05, 3.63) is 63.5 Å². The van der Waals surface area contributed by atoms with Gasteiger partial charge in [0.15, 0.2) is 5.69 Å². The molecule has 0 radical (unpaired) electrons. The topological polar surface area (TPSA) is 70.1 Å². The molecule has 0 bridgehead atoms. The highest BCUT2D eigenvalue weighted by atomic mass is 16.6. The maximum atomic E-state index is 11.8. The minimum absolute atomic E-state index is 0.0755. The zero-order valence-electron chi connectivity index (χ0n) is 9.16. The summed E-state index contributed by atoms with van der Waals surface area (Å²) in [7, 11) is 0. The lowest BCUT2D eigenvalue weighted by atomic mass is 10.1. The van der Waals surface area contributed by atoms with E-state index in [9.17, 15) is 15.3 Å². The SMILES string of the molecule is Cc1cc([N+](=O)[O-])cc(-c2ccccc2)[n+]1[O-]. The van der Waals surface area contributed by atoms with Crippen LogP contribution in [-0.2, 0) is 0 Å². The molecular formula is C12H10N2O3. The second-order valence-electron chi connectivity index (χ2n) is 3.66. The molecule has 0 unspecified atom stereocenters. The summed E-state index contributed by atoms with van der Waals surface area (Å²) in [5.41, 5.74) is 1.18. The lowest BCUT2D eigenvalue weighted by Crippen LogP contribution is -2.32. The van der Waals surface area contributed by atoms with Gasteiger partial charge < -0.3 is 5.21 Å². The van der Waals surface area contributed by atoms with Crippen LogP contribution >= 0.6 is 0 Å². The highest BCUT2D eigenvalue weighted by Gasteiger charge is 2.18. The summed E-state index contributed by atoms with van der Waals surface area (Å²) in [6.45, 7) is 1.55. The van der Waals surface area contributed by atoms with Crippen LogP contribution < -0.4 is 4.73 Å². The Morgan fingerprint density at radius 2 is 1.82 bits per heavy atom. The second-order valence-corrected chi connectivity index (χ2v) is 3.66. The Balaban J connectivity index is 2.65. The Kier molecular flexibility index (Phi) is 2.74. The minimum Gasteiger partial charge on any atom is -0.618 e. The molecule has 0 N–H and O–H groups in total. The van der Waals surface area contributed by atoms with Gasteiger partial charge in [-0.15, -0.1) is 0 Å². The van der Waals surface area contributed by atoms with E-state index in [-0.39, 0.29) is 11.4 Å². The molecule has 0 amide bonds. The number of nitrogens with zero attached hydrogens (tertiary/aromatic N) is 2. The van der Waals surface area contributed by atoms with Crippen LogP contribution in [0.15, 0.2) is 42.5 Å². The van der Waals surface area contributed by atoms with E-state index in [1.165, 1.54) is 12.1 Å². The average Bonchev–Trinajstić information content (AvgIpc) is 2.33. The number of pyridine rings is 1. The third-order valence-corrected chi connectivity index (χ3v) is 2.46. The lowest BCUT2D eigenvalue weighted by molar-refractivity contribution is -0.601. The fourth-order valence-corrected chi connectivity index (χ4v) is 1.62. The van der Waals surface area contributed by atoms with Gasteiger partial charge in [-0.2, -0.15) is 4.73 Å². The molecule has 2 rings (SSSR count). The molecule has 1 aromatic heterocycles. The van der Waals surface area contributed by atoms with E-state index in [4.69, 9.17) is 0 Å². The Morgan fingerprint density at radius 1 is 1.18 bits per heavy atom. The molecule has 86 valence electrons. The molecule has 0 fully saturated rings. The van der Waals surface area contributed by atoms with Crippen molar-refractivity contribution in [1.82, 2.24) is 0 Å². The van der Waals surface area contributed by atoms with Gasteiger partial charge in [0, 0.05) is 12.5 Å². The van der Waals surface area contributed by atoms with Gasteiger partial charge in [0.05, 0.1) is 17.1 Å². The standard InChI is InChI=1S/C12H10N2O3/c1-9-7-11(14(16)17)8-12(13(9)15)10-5-3-2-4-6-10/h2-8H,1H3. The van der Waals surface area contributed by atoms with Gasteiger partial charge in [-0.25, -0.2) is 0 Å². The summed E-state index contributed by atoms with van der Waals surface area (Å²) < 4.78 is 0.697. The van der Waals surface area contributed by atoms with Crippen LogP contribution in [0, 0.1) is 22.2 Å². The number of rotatable bonds is 2. The zero-order chi connectivity index (χ0) is 12.4. The Bertz CT molecular complexity index is 567. The molecule has 1 heterocycles. The highest BCUT2D eigenvalue weighted by molar-refractivity contribution is 5.59. The van der Waals surface area contributed by atoms with E-state index in [1.807, 2.05) is 6.07 Å². The van der Waals surface area contributed by atoms with Crippen molar-refractivity contribution in [1.29, 1.82) is 0 Å². The monoisotopic (exact) mass is 230 g/mol. The van der Waals surface area contributed by atoms with Gasteiger partial charge in [-0.05, 0) is 12.1 Å². The van der Waals surface area contributed by atoms with Crippen LogP contribution in [0.5, 0.6) is 0 Å². The zero-order valence-corrected chi connectivity index (χ0v) is 9.16. The molecule has 0 saturated carbocycles. The largest absolute Gasteiger partial charge is 0.618 e. The van der Waals surface area contributed by atoms with E-state index >= 15 is 0 Å². The molecule has 0 saturated heterocycles. The van der Waals surface area contributed by atoms with Crippen LogP contribution in [0.25, 0.3) is 11.3 Å². The molecule has 0 aliphatic rings. The third kappa shape index (κ3) is 2.08. The smallest absolute Gasteiger partial charge is 0.282 e. The normalized spacial score (nSPS) is 10.2. The number of benzene rings is 1. The lowest BCUT2D eigenvalue weighted by Gasteiger charge is -2.06. The summed E-state index contributed by atoms with van der Waals surface area (Å²) in [5, 5.41) is 22.6. The minimum atomic E-state index is -0.501. The average molecular weight is 230 g/mol. The number of aromatic nitrogens is 1. The van der Waals surface area contributed by atoms with Crippen LogP contribution in [0.3, 0.4) is 0 Å². The molecule has 0 spiro atoms. The van der Waals surface area contributed by atoms with Crippen LogP contribution in [0.2, 0.25) is 0 Å². The molecule has 0 aliphatic carbocycles. The molecule has 0 aliphatic heterocycles. The van der Waals surface area contributed by atoms with Crippen LogP contribution in [-0.4, -0.2) is 4.92 Å². The van der Waals surface area contributed by atoms with Crippen LogP contribution in [0.4, 0.5) is 5.69 Å². The van der Waals surface area contributed by atoms with Crippen molar-refractivity contribution >= 4 is 5.69 Å². The fraction of sp³-hybridized carbons (Fsp3) is 0.0833.